The van der Waals surface area contributed by atoms with E-state index in [0.717, 1.165) is 31.1 Å². The summed E-state index contributed by atoms with van der Waals surface area (Å²) in [7, 11) is 0. The molecule has 1 saturated heterocycles. The Balaban J connectivity index is 1.77. The first-order chi connectivity index (χ1) is 9.13. The van der Waals surface area contributed by atoms with Gasteiger partial charge in [0.1, 0.15) is 0 Å². The minimum Gasteiger partial charge on any atom is -0.348 e. The lowest BCUT2D eigenvalue weighted by Gasteiger charge is -2.38. The van der Waals surface area contributed by atoms with Crippen molar-refractivity contribution in [2.24, 2.45) is 11.3 Å². The molecule has 0 aromatic rings. The monoisotopic (exact) mass is 264 g/mol. The van der Waals surface area contributed by atoms with Gasteiger partial charge in [-0.2, -0.15) is 0 Å². The van der Waals surface area contributed by atoms with Crippen LogP contribution < -0.4 is 0 Å². The van der Waals surface area contributed by atoms with Crippen LogP contribution in [0.25, 0.3) is 0 Å². The Labute approximate surface area is 117 Å². The lowest BCUT2D eigenvalue weighted by Crippen LogP contribution is -2.40. The third-order valence-electron chi connectivity index (χ3n) is 4.28. The van der Waals surface area contributed by atoms with E-state index < -0.39 is 0 Å². The zero-order valence-electron chi connectivity index (χ0n) is 12.5. The smallest absolute Gasteiger partial charge is 0.179 e. The molecule has 0 aromatic heterocycles. The molecule has 0 amide bonds. The van der Waals surface area contributed by atoms with Crippen LogP contribution in [0.2, 0.25) is 0 Å². The van der Waals surface area contributed by atoms with Gasteiger partial charge in [-0.25, -0.2) is 0 Å². The molecule has 1 aliphatic carbocycles. The molecule has 2 nitrogen and oxygen atoms in total. The van der Waals surface area contributed by atoms with Crippen LogP contribution in [0.1, 0.15) is 52.4 Å². The maximum Gasteiger partial charge on any atom is 0.179 e. The molecule has 1 heterocycles. The Morgan fingerprint density at radius 2 is 2.05 bits per heavy atom. The van der Waals surface area contributed by atoms with Crippen molar-refractivity contribution in [3.63, 3.8) is 0 Å². The Morgan fingerprint density at radius 3 is 2.63 bits per heavy atom. The molecule has 0 bridgehead atoms. The van der Waals surface area contributed by atoms with Crippen molar-refractivity contribution in [2.45, 2.75) is 58.7 Å². The van der Waals surface area contributed by atoms with Crippen molar-refractivity contribution in [1.29, 1.82) is 0 Å². The molecule has 1 unspecified atom stereocenters. The Morgan fingerprint density at radius 1 is 1.32 bits per heavy atom. The van der Waals surface area contributed by atoms with Gasteiger partial charge in [0, 0.05) is 5.41 Å². The number of hydrogen-bond donors (Lipinski definition) is 0. The highest BCUT2D eigenvalue weighted by molar-refractivity contribution is 5.04. The molecule has 1 atom stereocenters. The molecular formula is C17H28O2. The first-order valence-electron chi connectivity index (χ1n) is 7.69. The highest BCUT2D eigenvalue weighted by atomic mass is 16.7. The fraction of sp³-hybridized carbons (Fsp3) is 0.765. The van der Waals surface area contributed by atoms with Gasteiger partial charge in [-0.05, 0) is 43.6 Å². The van der Waals surface area contributed by atoms with Crippen molar-refractivity contribution in [2.75, 3.05) is 13.2 Å². The zero-order valence-corrected chi connectivity index (χ0v) is 12.5. The van der Waals surface area contributed by atoms with Gasteiger partial charge in [-0.1, -0.05) is 39.0 Å². The summed E-state index contributed by atoms with van der Waals surface area (Å²) in [6, 6.07) is 0. The maximum atomic E-state index is 5.91. The second-order valence-corrected chi connectivity index (χ2v) is 6.53. The largest absolute Gasteiger partial charge is 0.348 e. The van der Waals surface area contributed by atoms with E-state index in [-0.39, 0.29) is 11.7 Å². The molecule has 0 aromatic carbocycles. The minimum atomic E-state index is -0.171. The summed E-state index contributed by atoms with van der Waals surface area (Å²) < 4.78 is 11.8. The van der Waals surface area contributed by atoms with E-state index in [2.05, 4.69) is 32.6 Å². The first kappa shape index (κ1) is 14.8. The summed E-state index contributed by atoms with van der Waals surface area (Å²) in [5.74, 6) is 0.730. The predicted molar refractivity (Wildman–Crippen MR) is 78.9 cm³/mol. The number of rotatable bonds is 5. The van der Waals surface area contributed by atoms with Gasteiger partial charge in [-0.3, -0.25) is 0 Å². The van der Waals surface area contributed by atoms with Crippen LogP contribution in [-0.2, 0) is 9.47 Å². The molecular weight excluding hydrogens is 236 g/mol. The SMILES string of the molecule is C=C(CC1CC=CCC1)C1OCC(C)(CCC)CO1. The van der Waals surface area contributed by atoms with Gasteiger partial charge >= 0.3 is 0 Å². The van der Waals surface area contributed by atoms with Gasteiger partial charge in [0.2, 0.25) is 0 Å². The quantitative estimate of drug-likeness (QED) is 0.682. The molecule has 2 aliphatic rings. The molecule has 108 valence electrons. The third kappa shape index (κ3) is 4.19. The van der Waals surface area contributed by atoms with E-state index in [0.29, 0.717) is 0 Å². The third-order valence-corrected chi connectivity index (χ3v) is 4.28. The molecule has 2 heteroatoms. The van der Waals surface area contributed by atoms with Gasteiger partial charge < -0.3 is 9.47 Å². The molecule has 1 aliphatic heterocycles. The maximum absolute atomic E-state index is 5.91. The van der Waals surface area contributed by atoms with E-state index in [1.54, 1.807) is 0 Å². The summed E-state index contributed by atoms with van der Waals surface area (Å²) in [6.07, 6.45) is 11.5. The second kappa shape index (κ2) is 6.71. The molecule has 19 heavy (non-hydrogen) atoms. The summed E-state index contributed by atoms with van der Waals surface area (Å²) in [6.45, 7) is 10.3. The van der Waals surface area contributed by atoms with Gasteiger partial charge in [0.15, 0.2) is 6.29 Å². The highest BCUT2D eigenvalue weighted by Crippen LogP contribution is 2.33. The van der Waals surface area contributed by atoms with Crippen LogP contribution in [0.5, 0.6) is 0 Å². The molecule has 0 spiro atoms. The normalized spacial score (nSPS) is 35.3. The summed E-state index contributed by atoms with van der Waals surface area (Å²) in [5, 5.41) is 0. The van der Waals surface area contributed by atoms with Crippen LogP contribution in [0.15, 0.2) is 24.3 Å². The molecule has 0 saturated carbocycles. The van der Waals surface area contributed by atoms with Gasteiger partial charge in [-0.15, -0.1) is 0 Å². The zero-order chi connectivity index (χ0) is 13.7. The lowest BCUT2D eigenvalue weighted by atomic mass is 9.86. The lowest BCUT2D eigenvalue weighted by molar-refractivity contribution is -0.210. The van der Waals surface area contributed by atoms with Gasteiger partial charge in [0.25, 0.3) is 0 Å². The molecule has 0 radical (unpaired) electrons. The van der Waals surface area contributed by atoms with Crippen molar-refractivity contribution in [1.82, 2.24) is 0 Å². The molecule has 0 N–H and O–H groups in total. The van der Waals surface area contributed by atoms with Crippen molar-refractivity contribution >= 4 is 0 Å². The van der Waals surface area contributed by atoms with Crippen molar-refractivity contribution in [3.8, 4) is 0 Å². The van der Waals surface area contributed by atoms with Crippen molar-refractivity contribution < 1.29 is 9.47 Å². The van der Waals surface area contributed by atoms with Crippen LogP contribution >= 0.6 is 0 Å². The summed E-state index contributed by atoms with van der Waals surface area (Å²) in [5.41, 5.74) is 1.32. The average Bonchev–Trinajstić information content (AvgIpc) is 2.40. The Hall–Kier alpha value is -0.600. The summed E-state index contributed by atoms with van der Waals surface area (Å²) >= 11 is 0. The highest BCUT2D eigenvalue weighted by Gasteiger charge is 2.33. The van der Waals surface area contributed by atoms with Crippen LogP contribution in [-0.4, -0.2) is 19.5 Å². The van der Waals surface area contributed by atoms with Gasteiger partial charge in [0.05, 0.1) is 13.2 Å². The fourth-order valence-corrected chi connectivity index (χ4v) is 3.14. The van der Waals surface area contributed by atoms with Crippen LogP contribution in [0, 0.1) is 11.3 Å². The van der Waals surface area contributed by atoms with Crippen LogP contribution in [0.3, 0.4) is 0 Å². The van der Waals surface area contributed by atoms with Crippen molar-refractivity contribution in [3.05, 3.63) is 24.3 Å². The van der Waals surface area contributed by atoms with E-state index in [9.17, 15) is 0 Å². The first-order valence-corrected chi connectivity index (χ1v) is 7.69. The standard InChI is InChI=1S/C17H28O2/c1-4-10-17(3)12-18-16(19-13-17)14(2)11-15-8-6-5-7-9-15/h5-6,15-16H,2,4,7-13H2,1,3H3. The Bertz CT molecular complexity index is 324. The second-order valence-electron chi connectivity index (χ2n) is 6.53. The number of allylic oxidation sites excluding steroid dienone is 2. The van der Waals surface area contributed by atoms with E-state index in [1.165, 1.54) is 32.1 Å². The fourth-order valence-electron chi connectivity index (χ4n) is 3.14. The van der Waals surface area contributed by atoms with E-state index in [1.807, 2.05) is 0 Å². The average molecular weight is 264 g/mol. The summed E-state index contributed by atoms with van der Waals surface area (Å²) in [4.78, 5) is 0. The molecule has 2 rings (SSSR count). The topological polar surface area (TPSA) is 18.5 Å². The minimum absolute atomic E-state index is 0.171. The number of ether oxygens (including phenoxy) is 2. The molecule has 1 fully saturated rings. The van der Waals surface area contributed by atoms with E-state index in [4.69, 9.17) is 9.47 Å². The van der Waals surface area contributed by atoms with E-state index >= 15 is 0 Å². The number of hydrogen-bond acceptors (Lipinski definition) is 2. The van der Waals surface area contributed by atoms with Crippen LogP contribution in [0.4, 0.5) is 0 Å². The Kier molecular flexibility index (Phi) is 5.23. The predicted octanol–water partition coefficient (Wildman–Crippen LogP) is 4.47.